The summed E-state index contributed by atoms with van der Waals surface area (Å²) < 4.78 is 0. The number of rotatable bonds is 8. The summed E-state index contributed by atoms with van der Waals surface area (Å²) in [5.41, 5.74) is 0. The second kappa shape index (κ2) is 78.7. The molecule has 0 spiro atoms. The first-order valence-electron chi connectivity index (χ1n) is 6.27. The lowest BCUT2D eigenvalue weighted by atomic mass is 10.2. The minimum Gasteiger partial charge on any atom is -0.106 e. The van der Waals surface area contributed by atoms with Crippen LogP contribution in [0, 0.1) is 0 Å². The van der Waals surface area contributed by atoms with Crippen LogP contribution in [0.15, 0.2) is 76.9 Å². The summed E-state index contributed by atoms with van der Waals surface area (Å²) in [4.78, 5) is 0. The van der Waals surface area contributed by atoms with Crippen molar-refractivity contribution in [2.45, 2.75) is 60.8 Å². The van der Waals surface area contributed by atoms with Crippen LogP contribution in [-0.2, 0) is 0 Å². The molecule has 0 unspecified atom stereocenters. The van der Waals surface area contributed by atoms with Crippen LogP contribution in [0.4, 0.5) is 0 Å². The standard InChI is InChI=1S/2C7H12.2C2H4.3CH4/c2*1-3-5-7-6-4-2;2*1-2;;;/h2*3-4H,1-2,5-7H2;2*1-2H2;3*1H4. The highest BCUT2D eigenvalue weighted by Gasteiger charge is 1.74. The molecule has 0 aliphatic carbocycles. The molecular weight excluding hydrogens is 252 g/mol. The van der Waals surface area contributed by atoms with E-state index in [9.17, 15) is 0 Å². The van der Waals surface area contributed by atoms with E-state index in [4.69, 9.17) is 0 Å². The first-order valence-corrected chi connectivity index (χ1v) is 6.27. The number of hydrogen-bond donors (Lipinski definition) is 0. The first-order chi connectivity index (χ1) is 8.83. The van der Waals surface area contributed by atoms with Gasteiger partial charge in [-0.25, -0.2) is 0 Å². The molecule has 21 heavy (non-hydrogen) atoms. The Kier molecular flexibility index (Phi) is 160. The molecular formula is C21H44. The zero-order valence-electron chi connectivity index (χ0n) is 12.2. The van der Waals surface area contributed by atoms with Crippen molar-refractivity contribution in [3.8, 4) is 0 Å². The van der Waals surface area contributed by atoms with Crippen LogP contribution in [0.1, 0.15) is 60.8 Å². The zero-order chi connectivity index (χ0) is 15.1. The molecule has 0 heterocycles. The molecule has 0 fully saturated rings. The molecule has 0 aromatic rings. The van der Waals surface area contributed by atoms with E-state index in [0.717, 1.165) is 25.7 Å². The molecule has 0 aromatic carbocycles. The van der Waals surface area contributed by atoms with Crippen LogP contribution < -0.4 is 0 Å². The average molecular weight is 297 g/mol. The summed E-state index contributed by atoms with van der Waals surface area (Å²) in [5, 5.41) is 0. The van der Waals surface area contributed by atoms with Crippen LogP contribution in [-0.4, -0.2) is 0 Å². The third-order valence-electron chi connectivity index (χ3n) is 1.63. The molecule has 0 N–H and O–H groups in total. The summed E-state index contributed by atoms with van der Waals surface area (Å²) in [6, 6.07) is 0. The van der Waals surface area contributed by atoms with Crippen LogP contribution in [0.25, 0.3) is 0 Å². The van der Waals surface area contributed by atoms with Crippen molar-refractivity contribution in [3.63, 3.8) is 0 Å². The highest BCUT2D eigenvalue weighted by Crippen LogP contribution is 1.94. The van der Waals surface area contributed by atoms with Crippen molar-refractivity contribution in [2.75, 3.05) is 0 Å². The SMILES string of the molecule is C.C.C.C=C.C=C.C=CCCCC=C.C=CCCCC=C. The molecule has 0 aromatic heterocycles. The van der Waals surface area contributed by atoms with Crippen molar-refractivity contribution in [1.82, 2.24) is 0 Å². The maximum atomic E-state index is 3.60. The summed E-state index contributed by atoms with van der Waals surface area (Å²) in [7, 11) is 0. The molecule has 128 valence electrons. The summed E-state index contributed by atoms with van der Waals surface area (Å²) in [5.74, 6) is 0. The van der Waals surface area contributed by atoms with Crippen molar-refractivity contribution in [1.29, 1.82) is 0 Å². The summed E-state index contributed by atoms with van der Waals surface area (Å²) in [6.07, 6.45) is 14.6. The van der Waals surface area contributed by atoms with Gasteiger partial charge in [0.1, 0.15) is 0 Å². The molecule has 0 saturated carbocycles. The minimum atomic E-state index is 0. The molecule has 0 bridgehead atoms. The van der Waals surface area contributed by atoms with Gasteiger partial charge in [0.05, 0.1) is 0 Å². The highest BCUT2D eigenvalue weighted by molar-refractivity contribution is 4.72. The van der Waals surface area contributed by atoms with E-state index >= 15 is 0 Å². The summed E-state index contributed by atoms with van der Waals surface area (Å²) >= 11 is 0. The summed E-state index contributed by atoms with van der Waals surface area (Å²) in [6.45, 7) is 26.4. The quantitative estimate of drug-likeness (QED) is 0.311. The lowest BCUT2D eigenvalue weighted by Crippen LogP contribution is -1.64. The largest absolute Gasteiger partial charge is 0.106 e. The smallest absolute Gasteiger partial charge is 0.0350 e. The van der Waals surface area contributed by atoms with Gasteiger partial charge in [-0.15, -0.1) is 52.6 Å². The van der Waals surface area contributed by atoms with Crippen LogP contribution in [0.3, 0.4) is 0 Å². The third kappa shape index (κ3) is 120. The van der Waals surface area contributed by atoms with Gasteiger partial charge in [0.25, 0.3) is 0 Å². The fourth-order valence-electron chi connectivity index (χ4n) is 0.813. The Bertz CT molecular complexity index is 129. The topological polar surface area (TPSA) is 0 Å². The number of unbranched alkanes of at least 4 members (excludes halogenated alkanes) is 4. The molecule has 0 saturated heterocycles. The molecule has 0 amide bonds. The Morgan fingerprint density at radius 1 is 0.429 bits per heavy atom. The fourth-order valence-corrected chi connectivity index (χ4v) is 0.813. The molecule has 0 aliphatic heterocycles. The molecule has 0 heteroatoms. The Balaban J connectivity index is -0.0000000269. The molecule has 0 nitrogen and oxygen atoms in total. The van der Waals surface area contributed by atoms with Gasteiger partial charge in [0.15, 0.2) is 0 Å². The third-order valence-corrected chi connectivity index (χ3v) is 1.63. The lowest BCUT2D eigenvalue weighted by Gasteiger charge is -1.84. The second-order valence-corrected chi connectivity index (χ2v) is 3.02. The molecule has 0 radical (unpaired) electrons. The maximum absolute atomic E-state index is 3.60. The van der Waals surface area contributed by atoms with Gasteiger partial charge in [0.2, 0.25) is 0 Å². The lowest BCUT2D eigenvalue weighted by molar-refractivity contribution is 0.871. The van der Waals surface area contributed by atoms with Crippen LogP contribution in [0.2, 0.25) is 0 Å². The van der Waals surface area contributed by atoms with Gasteiger partial charge >= 0.3 is 0 Å². The van der Waals surface area contributed by atoms with E-state index in [-0.39, 0.29) is 22.3 Å². The highest BCUT2D eigenvalue weighted by atomic mass is 13.8. The monoisotopic (exact) mass is 296 g/mol. The van der Waals surface area contributed by atoms with E-state index < -0.39 is 0 Å². The fraction of sp³-hybridized carbons (Fsp3) is 0.429. The van der Waals surface area contributed by atoms with E-state index in [0.29, 0.717) is 0 Å². The van der Waals surface area contributed by atoms with Gasteiger partial charge < -0.3 is 0 Å². The van der Waals surface area contributed by atoms with Crippen molar-refractivity contribution < 1.29 is 0 Å². The van der Waals surface area contributed by atoms with Crippen molar-refractivity contribution >= 4 is 0 Å². The van der Waals surface area contributed by atoms with Gasteiger partial charge in [-0.2, -0.15) is 0 Å². The van der Waals surface area contributed by atoms with Gasteiger partial charge in [-0.3, -0.25) is 0 Å². The molecule has 0 rings (SSSR count). The maximum Gasteiger partial charge on any atom is -0.0350 e. The number of allylic oxidation sites excluding steroid dienone is 4. The Morgan fingerprint density at radius 3 is 0.667 bits per heavy atom. The molecule has 0 aliphatic rings. The zero-order valence-corrected chi connectivity index (χ0v) is 12.2. The van der Waals surface area contributed by atoms with Crippen LogP contribution in [0.5, 0.6) is 0 Å². The first kappa shape index (κ1) is 42.7. The van der Waals surface area contributed by atoms with Crippen molar-refractivity contribution in [2.24, 2.45) is 0 Å². The van der Waals surface area contributed by atoms with E-state index in [2.05, 4.69) is 52.6 Å². The predicted molar refractivity (Wildman–Crippen MR) is 111 cm³/mol. The van der Waals surface area contributed by atoms with E-state index in [1.807, 2.05) is 24.3 Å². The minimum absolute atomic E-state index is 0. The Hall–Kier alpha value is -1.56. The van der Waals surface area contributed by atoms with Gasteiger partial charge in [-0.05, 0) is 38.5 Å². The van der Waals surface area contributed by atoms with Crippen LogP contribution >= 0.6 is 0 Å². The predicted octanol–water partition coefficient (Wildman–Crippen LogP) is 8.57. The Labute approximate surface area is 138 Å². The normalized spacial score (nSPS) is 5.71. The second-order valence-electron chi connectivity index (χ2n) is 3.02. The van der Waals surface area contributed by atoms with E-state index in [1.165, 1.54) is 12.8 Å². The van der Waals surface area contributed by atoms with E-state index in [1.54, 1.807) is 0 Å². The average Bonchev–Trinajstić information content (AvgIpc) is 2.45. The van der Waals surface area contributed by atoms with Crippen molar-refractivity contribution in [3.05, 3.63) is 76.9 Å². The van der Waals surface area contributed by atoms with Gasteiger partial charge in [0, 0.05) is 0 Å². The molecule has 0 atom stereocenters. The number of hydrogen-bond acceptors (Lipinski definition) is 0. The Morgan fingerprint density at radius 2 is 0.571 bits per heavy atom. The van der Waals surface area contributed by atoms with Gasteiger partial charge in [-0.1, -0.05) is 46.6 Å².